The van der Waals surface area contributed by atoms with Crippen LogP contribution in [0.4, 0.5) is 5.69 Å². The third-order valence-corrected chi connectivity index (χ3v) is 6.84. The number of aromatic amines is 1. The number of thiazole rings is 1. The van der Waals surface area contributed by atoms with Gasteiger partial charge in [0.2, 0.25) is 0 Å². The van der Waals surface area contributed by atoms with Gasteiger partial charge in [0.15, 0.2) is 0 Å². The number of fused-ring (bicyclic) bond motifs is 1. The molecule has 2 aromatic carbocycles. The van der Waals surface area contributed by atoms with Gasteiger partial charge < -0.3 is 9.88 Å². The standard InChI is InChI=1S/C25H29N5S/c1-25(2,3)19-9-7-18(8-10-19)24-27-20-5-4-6-21(23(20)28-24)30-14-12-29(13-15-30)17-22-26-11-16-31-22/h4-11,16H,12-15,17H2,1-3H3,(H,27,28). The number of anilines is 1. The van der Waals surface area contributed by atoms with E-state index in [1.165, 1.54) is 16.3 Å². The first-order valence-corrected chi connectivity index (χ1v) is 11.8. The molecule has 1 N–H and O–H groups in total. The second kappa shape index (κ2) is 8.09. The van der Waals surface area contributed by atoms with Crippen molar-refractivity contribution in [1.82, 2.24) is 19.9 Å². The Morgan fingerprint density at radius 3 is 2.45 bits per heavy atom. The van der Waals surface area contributed by atoms with Gasteiger partial charge in [0.25, 0.3) is 0 Å². The number of benzene rings is 2. The minimum Gasteiger partial charge on any atom is -0.367 e. The molecule has 0 amide bonds. The third kappa shape index (κ3) is 4.23. The zero-order valence-electron chi connectivity index (χ0n) is 18.4. The zero-order chi connectivity index (χ0) is 21.4. The fraction of sp³-hybridized carbons (Fsp3) is 0.360. The van der Waals surface area contributed by atoms with Crippen LogP contribution in [-0.2, 0) is 12.0 Å². The monoisotopic (exact) mass is 431 g/mol. The lowest BCUT2D eigenvalue weighted by Gasteiger charge is -2.35. The molecule has 0 spiro atoms. The molecule has 1 fully saturated rings. The lowest BCUT2D eigenvalue weighted by Crippen LogP contribution is -2.46. The highest BCUT2D eigenvalue weighted by Gasteiger charge is 2.21. The first-order chi connectivity index (χ1) is 15.0. The van der Waals surface area contributed by atoms with Gasteiger partial charge in [0, 0.05) is 43.3 Å². The van der Waals surface area contributed by atoms with E-state index in [4.69, 9.17) is 4.98 Å². The van der Waals surface area contributed by atoms with Crippen molar-refractivity contribution < 1.29 is 0 Å². The molecule has 2 aromatic heterocycles. The number of piperazine rings is 1. The van der Waals surface area contributed by atoms with Crippen LogP contribution in [0.2, 0.25) is 0 Å². The van der Waals surface area contributed by atoms with Crippen LogP contribution in [0.1, 0.15) is 31.3 Å². The summed E-state index contributed by atoms with van der Waals surface area (Å²) in [6.45, 7) is 11.8. The Kier molecular flexibility index (Phi) is 5.28. The van der Waals surface area contributed by atoms with Gasteiger partial charge >= 0.3 is 0 Å². The number of hydrogen-bond acceptors (Lipinski definition) is 5. The van der Waals surface area contributed by atoms with E-state index >= 15 is 0 Å². The van der Waals surface area contributed by atoms with E-state index in [1.54, 1.807) is 11.3 Å². The number of nitrogens with zero attached hydrogens (tertiary/aromatic N) is 4. The van der Waals surface area contributed by atoms with Crippen molar-refractivity contribution in [2.45, 2.75) is 32.7 Å². The van der Waals surface area contributed by atoms with Crippen LogP contribution in [0.5, 0.6) is 0 Å². The van der Waals surface area contributed by atoms with Crippen LogP contribution >= 0.6 is 11.3 Å². The normalized spacial score (nSPS) is 15.6. The highest BCUT2D eigenvalue weighted by atomic mass is 32.1. The second-order valence-electron chi connectivity index (χ2n) is 9.28. The maximum atomic E-state index is 5.01. The van der Waals surface area contributed by atoms with E-state index in [2.05, 4.69) is 88.4 Å². The van der Waals surface area contributed by atoms with E-state index in [0.29, 0.717) is 0 Å². The largest absolute Gasteiger partial charge is 0.367 e. The lowest BCUT2D eigenvalue weighted by molar-refractivity contribution is 0.249. The third-order valence-electron chi connectivity index (χ3n) is 6.07. The molecule has 160 valence electrons. The molecule has 0 aliphatic carbocycles. The highest BCUT2D eigenvalue weighted by Crippen LogP contribution is 2.30. The lowest BCUT2D eigenvalue weighted by atomic mass is 9.87. The van der Waals surface area contributed by atoms with E-state index < -0.39 is 0 Å². The number of para-hydroxylation sites is 1. The number of imidazole rings is 1. The number of H-pyrrole nitrogens is 1. The summed E-state index contributed by atoms with van der Waals surface area (Å²) in [5, 5.41) is 3.25. The van der Waals surface area contributed by atoms with E-state index in [9.17, 15) is 0 Å². The van der Waals surface area contributed by atoms with E-state index in [-0.39, 0.29) is 5.41 Å². The number of nitrogens with one attached hydrogen (secondary N) is 1. The molecule has 1 aliphatic rings. The summed E-state index contributed by atoms with van der Waals surface area (Å²) in [4.78, 5) is 17.9. The summed E-state index contributed by atoms with van der Waals surface area (Å²) >= 11 is 1.74. The molecular weight excluding hydrogens is 402 g/mol. The first-order valence-electron chi connectivity index (χ1n) is 10.9. The Hall–Kier alpha value is -2.70. The molecule has 6 heteroatoms. The summed E-state index contributed by atoms with van der Waals surface area (Å²) in [6, 6.07) is 15.2. The molecule has 1 saturated heterocycles. The van der Waals surface area contributed by atoms with Crippen LogP contribution < -0.4 is 4.90 Å². The summed E-state index contributed by atoms with van der Waals surface area (Å²) in [5.74, 6) is 0.935. The fourth-order valence-corrected chi connectivity index (χ4v) is 4.86. The van der Waals surface area contributed by atoms with Crippen molar-refractivity contribution >= 4 is 28.1 Å². The Morgan fingerprint density at radius 2 is 1.77 bits per heavy atom. The second-order valence-corrected chi connectivity index (χ2v) is 10.3. The van der Waals surface area contributed by atoms with Gasteiger partial charge in [-0.25, -0.2) is 9.97 Å². The van der Waals surface area contributed by atoms with Gasteiger partial charge in [-0.2, -0.15) is 0 Å². The topological polar surface area (TPSA) is 48.1 Å². The Labute approximate surface area is 187 Å². The molecule has 0 unspecified atom stereocenters. The Balaban J connectivity index is 1.35. The van der Waals surface area contributed by atoms with Crippen molar-refractivity contribution in [1.29, 1.82) is 0 Å². The van der Waals surface area contributed by atoms with Crippen molar-refractivity contribution in [3.8, 4) is 11.4 Å². The van der Waals surface area contributed by atoms with Crippen LogP contribution in [0, 0.1) is 0 Å². The zero-order valence-corrected chi connectivity index (χ0v) is 19.2. The van der Waals surface area contributed by atoms with Gasteiger partial charge in [-0.05, 0) is 23.1 Å². The quantitative estimate of drug-likeness (QED) is 0.476. The summed E-state index contributed by atoms with van der Waals surface area (Å²) < 4.78 is 0. The van der Waals surface area contributed by atoms with Crippen LogP contribution in [0.25, 0.3) is 22.4 Å². The van der Waals surface area contributed by atoms with Gasteiger partial charge in [-0.15, -0.1) is 11.3 Å². The Bertz CT molecular complexity index is 1150. The predicted molar refractivity (Wildman–Crippen MR) is 130 cm³/mol. The van der Waals surface area contributed by atoms with Crippen LogP contribution in [0.3, 0.4) is 0 Å². The number of hydrogen-bond donors (Lipinski definition) is 1. The smallest absolute Gasteiger partial charge is 0.138 e. The minimum absolute atomic E-state index is 0.154. The SMILES string of the molecule is CC(C)(C)c1ccc(-c2nc3c(N4CCN(Cc5nccs5)CC4)cccc3[nH]2)cc1. The van der Waals surface area contributed by atoms with Crippen molar-refractivity contribution in [3.63, 3.8) is 0 Å². The van der Waals surface area contributed by atoms with Crippen LogP contribution in [-0.4, -0.2) is 46.0 Å². The van der Waals surface area contributed by atoms with Crippen molar-refractivity contribution in [3.05, 3.63) is 64.6 Å². The molecule has 4 aromatic rings. The number of aromatic nitrogens is 3. The molecular formula is C25H29N5S. The fourth-order valence-electron chi connectivity index (χ4n) is 4.21. The highest BCUT2D eigenvalue weighted by molar-refractivity contribution is 7.09. The number of rotatable bonds is 4. The molecule has 1 aliphatic heterocycles. The average molecular weight is 432 g/mol. The molecule has 5 rings (SSSR count). The van der Waals surface area contributed by atoms with Gasteiger partial charge in [-0.3, -0.25) is 4.90 Å². The molecule has 0 bridgehead atoms. The summed E-state index contributed by atoms with van der Waals surface area (Å²) in [6.07, 6.45) is 1.89. The minimum atomic E-state index is 0.154. The molecule has 31 heavy (non-hydrogen) atoms. The molecule has 5 nitrogen and oxygen atoms in total. The van der Waals surface area contributed by atoms with Gasteiger partial charge in [0.1, 0.15) is 16.3 Å². The van der Waals surface area contributed by atoms with Gasteiger partial charge in [0.05, 0.1) is 17.7 Å². The predicted octanol–water partition coefficient (Wildman–Crippen LogP) is 5.31. The first kappa shape index (κ1) is 20.2. The van der Waals surface area contributed by atoms with Crippen molar-refractivity contribution in [2.75, 3.05) is 31.1 Å². The molecule has 3 heterocycles. The summed E-state index contributed by atoms with van der Waals surface area (Å²) in [5.41, 5.74) is 6.00. The van der Waals surface area contributed by atoms with Gasteiger partial charge in [-0.1, -0.05) is 51.1 Å². The average Bonchev–Trinajstić information content (AvgIpc) is 3.43. The van der Waals surface area contributed by atoms with Crippen LogP contribution in [0.15, 0.2) is 54.0 Å². The Morgan fingerprint density at radius 1 is 1.00 bits per heavy atom. The molecule has 0 atom stereocenters. The maximum absolute atomic E-state index is 5.01. The van der Waals surface area contributed by atoms with E-state index in [1.807, 2.05) is 6.20 Å². The summed E-state index contributed by atoms with van der Waals surface area (Å²) in [7, 11) is 0. The molecule has 0 saturated carbocycles. The maximum Gasteiger partial charge on any atom is 0.138 e. The van der Waals surface area contributed by atoms with Crippen molar-refractivity contribution in [2.24, 2.45) is 0 Å². The van der Waals surface area contributed by atoms with E-state index in [0.717, 1.165) is 55.1 Å². The molecule has 0 radical (unpaired) electrons.